The minimum Gasteiger partial charge on any atom is -1.00 e. The number of halogens is 1. The smallest absolute Gasteiger partial charge is 0.119 e. The summed E-state index contributed by atoms with van der Waals surface area (Å²) in [7, 11) is 0.330. The number of benzene rings is 2. The van der Waals surface area contributed by atoms with E-state index in [1.165, 1.54) is 0 Å². The van der Waals surface area contributed by atoms with Gasteiger partial charge in [0.2, 0.25) is 0 Å². The lowest BCUT2D eigenvalue weighted by Gasteiger charge is -2.28. The summed E-state index contributed by atoms with van der Waals surface area (Å²) in [5.41, 5.74) is 1.08. The number of rotatable bonds is 5. The molecule has 108 valence electrons. The highest BCUT2D eigenvalue weighted by molar-refractivity contribution is 7.95. The van der Waals surface area contributed by atoms with Gasteiger partial charge in [-0.05, 0) is 22.0 Å². The molecule has 1 N–H and O–H groups in total. The Morgan fingerprint density at radius 1 is 0.850 bits per heavy atom. The van der Waals surface area contributed by atoms with E-state index in [1.54, 1.807) is 0 Å². The van der Waals surface area contributed by atoms with Gasteiger partial charge >= 0.3 is 0 Å². The Morgan fingerprint density at radius 3 is 1.60 bits per heavy atom. The first-order chi connectivity index (χ1) is 9.13. The van der Waals surface area contributed by atoms with Crippen LogP contribution in [0.25, 0.3) is 0 Å². The lowest BCUT2D eigenvalue weighted by Crippen LogP contribution is -3.00. The fourth-order valence-corrected chi connectivity index (χ4v) is 2.94. The molecule has 0 radical (unpaired) electrons. The Balaban J connectivity index is 0.00000200. The average molecular weight is 400 g/mol. The Kier molecular flexibility index (Phi) is 7.06. The van der Waals surface area contributed by atoms with Gasteiger partial charge in [-0.15, -0.1) is 0 Å². The summed E-state index contributed by atoms with van der Waals surface area (Å²) in [4.78, 5) is 0. The quantitative estimate of drug-likeness (QED) is 0.562. The van der Waals surface area contributed by atoms with Crippen LogP contribution in [-0.4, -0.2) is 23.4 Å². The standard InChI is InChI=1S/C17H21OS.HI/c1-19(2)14-13-17(18,15-9-5-3-6-10-15)16-11-7-4-8-12-16;/h3-12,18H,13-14H2,1-2H3;1H/q+1;/p-1. The molecule has 0 unspecified atom stereocenters. The summed E-state index contributed by atoms with van der Waals surface area (Å²) in [5, 5.41) is 11.2. The zero-order valence-electron chi connectivity index (χ0n) is 11.9. The molecule has 20 heavy (non-hydrogen) atoms. The molecule has 1 nitrogen and oxygen atoms in total. The van der Waals surface area contributed by atoms with Gasteiger partial charge in [0, 0.05) is 6.42 Å². The molecular formula is C17H21IOS. The summed E-state index contributed by atoms with van der Waals surface area (Å²) < 4.78 is 0. The fraction of sp³-hybridized carbons (Fsp3) is 0.294. The number of aliphatic hydroxyl groups is 1. The van der Waals surface area contributed by atoms with Crippen LogP contribution in [0.3, 0.4) is 0 Å². The molecule has 0 bridgehead atoms. The molecule has 0 aromatic heterocycles. The third kappa shape index (κ3) is 4.24. The van der Waals surface area contributed by atoms with Gasteiger partial charge in [0.05, 0.1) is 12.5 Å². The number of hydrogen-bond donors (Lipinski definition) is 1. The van der Waals surface area contributed by atoms with Crippen LogP contribution in [-0.2, 0) is 16.5 Å². The molecule has 0 aliphatic rings. The third-order valence-electron chi connectivity index (χ3n) is 3.37. The van der Waals surface area contributed by atoms with Crippen LogP contribution in [0, 0.1) is 0 Å². The molecule has 0 aliphatic carbocycles. The van der Waals surface area contributed by atoms with Gasteiger partial charge in [-0.3, -0.25) is 0 Å². The van der Waals surface area contributed by atoms with Crippen molar-refractivity contribution in [2.24, 2.45) is 0 Å². The Labute approximate surface area is 141 Å². The van der Waals surface area contributed by atoms with Gasteiger partial charge in [-0.25, -0.2) is 0 Å². The van der Waals surface area contributed by atoms with Gasteiger partial charge in [0.15, 0.2) is 0 Å². The molecule has 0 aliphatic heterocycles. The summed E-state index contributed by atoms with van der Waals surface area (Å²) in [6, 6.07) is 20.0. The molecule has 2 aromatic rings. The van der Waals surface area contributed by atoms with Crippen molar-refractivity contribution in [3.8, 4) is 0 Å². The molecule has 0 amide bonds. The van der Waals surface area contributed by atoms with E-state index in [4.69, 9.17) is 0 Å². The van der Waals surface area contributed by atoms with Crippen LogP contribution in [0.5, 0.6) is 0 Å². The Hall–Kier alpha value is -0.520. The minimum atomic E-state index is -0.875. The second-order valence-corrected chi connectivity index (χ2v) is 7.41. The Bertz CT molecular complexity index is 459. The first kappa shape index (κ1) is 17.5. The van der Waals surface area contributed by atoms with Gasteiger partial charge in [0.1, 0.15) is 11.4 Å². The van der Waals surface area contributed by atoms with Gasteiger partial charge in [-0.2, -0.15) is 0 Å². The molecule has 3 heteroatoms. The second-order valence-electron chi connectivity index (χ2n) is 5.03. The van der Waals surface area contributed by atoms with Crippen LogP contribution in [0.2, 0.25) is 0 Å². The SMILES string of the molecule is C[S+](C)CCC(O)(c1ccccc1)c1ccccc1.[I-]. The van der Waals surface area contributed by atoms with Gasteiger partial charge in [-0.1, -0.05) is 60.7 Å². The van der Waals surface area contributed by atoms with Gasteiger partial charge in [0.25, 0.3) is 0 Å². The molecule has 2 aromatic carbocycles. The van der Waals surface area contributed by atoms with E-state index < -0.39 is 5.60 Å². The lowest BCUT2D eigenvalue weighted by atomic mass is 9.84. The van der Waals surface area contributed by atoms with E-state index >= 15 is 0 Å². The predicted octanol–water partition coefficient (Wildman–Crippen LogP) is 0.195. The van der Waals surface area contributed by atoms with Crippen LogP contribution in [0.1, 0.15) is 17.5 Å². The van der Waals surface area contributed by atoms with Crippen molar-refractivity contribution in [1.29, 1.82) is 0 Å². The summed E-state index contributed by atoms with van der Waals surface area (Å²) in [6.45, 7) is 0. The molecule has 0 fully saturated rings. The van der Waals surface area contributed by atoms with E-state index in [2.05, 4.69) is 12.5 Å². The van der Waals surface area contributed by atoms with Crippen molar-refractivity contribution in [3.63, 3.8) is 0 Å². The van der Waals surface area contributed by atoms with Crippen molar-refractivity contribution in [1.82, 2.24) is 0 Å². The maximum Gasteiger partial charge on any atom is 0.119 e. The van der Waals surface area contributed by atoms with E-state index in [9.17, 15) is 5.11 Å². The van der Waals surface area contributed by atoms with Crippen LogP contribution in [0.4, 0.5) is 0 Å². The van der Waals surface area contributed by atoms with E-state index in [0.29, 0.717) is 10.9 Å². The minimum absolute atomic E-state index is 0. The Morgan fingerprint density at radius 2 is 1.25 bits per heavy atom. The highest BCUT2D eigenvalue weighted by Gasteiger charge is 2.32. The zero-order valence-corrected chi connectivity index (χ0v) is 14.9. The maximum atomic E-state index is 11.2. The van der Waals surface area contributed by atoms with Crippen molar-refractivity contribution >= 4 is 10.9 Å². The summed E-state index contributed by atoms with van der Waals surface area (Å²) in [5.74, 6) is 1.03. The van der Waals surface area contributed by atoms with E-state index in [0.717, 1.165) is 23.3 Å². The summed E-state index contributed by atoms with van der Waals surface area (Å²) >= 11 is 0. The van der Waals surface area contributed by atoms with Crippen LogP contribution in [0.15, 0.2) is 60.7 Å². The second kappa shape index (κ2) is 8.05. The zero-order chi connectivity index (χ0) is 13.7. The van der Waals surface area contributed by atoms with Gasteiger partial charge < -0.3 is 29.1 Å². The largest absolute Gasteiger partial charge is 1.00 e. The first-order valence-electron chi connectivity index (χ1n) is 6.50. The van der Waals surface area contributed by atoms with Crippen molar-refractivity contribution in [3.05, 3.63) is 71.8 Å². The lowest BCUT2D eigenvalue weighted by molar-refractivity contribution is -0.00000810. The highest BCUT2D eigenvalue weighted by Crippen LogP contribution is 2.33. The van der Waals surface area contributed by atoms with Crippen LogP contribution < -0.4 is 24.0 Å². The topological polar surface area (TPSA) is 20.2 Å². The normalized spacial score (nSPS) is 11.2. The average Bonchev–Trinajstić information content (AvgIpc) is 2.46. The third-order valence-corrected chi connectivity index (χ3v) is 4.40. The predicted molar refractivity (Wildman–Crippen MR) is 84.6 cm³/mol. The van der Waals surface area contributed by atoms with E-state index in [1.807, 2.05) is 60.7 Å². The van der Waals surface area contributed by atoms with Crippen molar-refractivity contribution in [2.45, 2.75) is 12.0 Å². The molecule has 2 rings (SSSR count). The molecule has 0 saturated heterocycles. The van der Waals surface area contributed by atoms with Crippen molar-refractivity contribution < 1.29 is 29.1 Å². The molecule has 0 atom stereocenters. The molecule has 0 heterocycles. The van der Waals surface area contributed by atoms with E-state index in [-0.39, 0.29) is 24.0 Å². The van der Waals surface area contributed by atoms with Crippen LogP contribution >= 0.6 is 0 Å². The first-order valence-corrected chi connectivity index (χ1v) is 8.71. The molecular weight excluding hydrogens is 379 g/mol. The molecule has 0 spiro atoms. The summed E-state index contributed by atoms with van der Waals surface area (Å²) in [6.07, 6.45) is 5.20. The maximum absolute atomic E-state index is 11.2. The highest BCUT2D eigenvalue weighted by atomic mass is 127. The monoisotopic (exact) mass is 400 g/mol. The molecule has 0 saturated carbocycles. The van der Waals surface area contributed by atoms with Crippen molar-refractivity contribution in [2.75, 3.05) is 18.3 Å². The fourth-order valence-electron chi connectivity index (χ4n) is 2.23. The number of hydrogen-bond acceptors (Lipinski definition) is 1.